The van der Waals surface area contributed by atoms with Gasteiger partial charge in [0.05, 0.1) is 12.8 Å². The van der Waals surface area contributed by atoms with E-state index in [4.69, 9.17) is 4.99 Å². The maximum absolute atomic E-state index is 11.5. The van der Waals surface area contributed by atoms with E-state index in [9.17, 15) is 8.42 Å². The van der Waals surface area contributed by atoms with Crippen LogP contribution in [0.1, 0.15) is 19.8 Å². The second kappa shape index (κ2) is 10.00. The molecular weight excluding hydrogens is 429 g/mol. The molecule has 0 aromatic rings. The van der Waals surface area contributed by atoms with Gasteiger partial charge >= 0.3 is 0 Å². The van der Waals surface area contributed by atoms with Crippen LogP contribution in [0.4, 0.5) is 0 Å². The van der Waals surface area contributed by atoms with Gasteiger partial charge in [-0.15, -0.1) is 24.0 Å². The Morgan fingerprint density at radius 2 is 1.70 bits per heavy atom. The summed E-state index contributed by atoms with van der Waals surface area (Å²) in [7, 11) is -3.04. The van der Waals surface area contributed by atoms with Crippen LogP contribution in [0.2, 0.25) is 0 Å². The van der Waals surface area contributed by atoms with Crippen LogP contribution < -0.4 is 5.32 Å². The molecule has 2 heterocycles. The molecule has 2 aliphatic heterocycles. The maximum atomic E-state index is 11.5. The molecule has 0 spiro atoms. The van der Waals surface area contributed by atoms with Crippen molar-refractivity contribution >= 4 is 40.0 Å². The van der Waals surface area contributed by atoms with Gasteiger partial charge in [-0.25, -0.2) is 8.42 Å². The van der Waals surface area contributed by atoms with Crippen molar-refractivity contribution in [3.05, 3.63) is 0 Å². The van der Waals surface area contributed by atoms with Gasteiger partial charge in [0.2, 0.25) is 10.0 Å². The Kier molecular flexibility index (Phi) is 9.09. The van der Waals surface area contributed by atoms with Crippen LogP contribution in [0.15, 0.2) is 4.99 Å². The van der Waals surface area contributed by atoms with Gasteiger partial charge in [-0.2, -0.15) is 4.31 Å². The van der Waals surface area contributed by atoms with Crippen molar-refractivity contribution in [1.82, 2.24) is 19.4 Å². The number of hydrogen-bond donors (Lipinski definition) is 1. The predicted octanol–water partition coefficient (Wildman–Crippen LogP) is 0.243. The normalized spacial score (nSPS) is 21.3. The zero-order chi connectivity index (χ0) is 16.0. The fourth-order valence-corrected chi connectivity index (χ4v) is 3.76. The second-order valence-electron chi connectivity index (χ2n) is 5.93. The molecule has 7 nitrogen and oxygen atoms in total. The summed E-state index contributed by atoms with van der Waals surface area (Å²) >= 11 is 0. The minimum absolute atomic E-state index is 0. The van der Waals surface area contributed by atoms with Crippen molar-refractivity contribution in [3.63, 3.8) is 0 Å². The number of halogens is 1. The molecule has 0 atom stereocenters. The third-order valence-electron chi connectivity index (χ3n) is 4.22. The van der Waals surface area contributed by atoms with Crippen LogP contribution in [0, 0.1) is 0 Å². The summed E-state index contributed by atoms with van der Waals surface area (Å²) < 4.78 is 24.5. The van der Waals surface area contributed by atoms with E-state index < -0.39 is 10.0 Å². The van der Waals surface area contributed by atoms with Crippen LogP contribution in [0.5, 0.6) is 0 Å². The Labute approximate surface area is 157 Å². The average molecular weight is 459 g/mol. The quantitative estimate of drug-likeness (QED) is 0.363. The van der Waals surface area contributed by atoms with Crippen molar-refractivity contribution in [2.24, 2.45) is 4.99 Å². The minimum Gasteiger partial charge on any atom is -0.357 e. The Hall–Kier alpha value is -0.130. The average Bonchev–Trinajstić information content (AvgIpc) is 3.00. The summed E-state index contributed by atoms with van der Waals surface area (Å²) in [6.45, 7) is 9.60. The van der Waals surface area contributed by atoms with Crippen molar-refractivity contribution in [1.29, 1.82) is 0 Å². The highest BCUT2D eigenvalue weighted by Gasteiger charge is 2.23. The Morgan fingerprint density at radius 3 is 2.22 bits per heavy atom. The minimum atomic E-state index is -3.04. The molecule has 0 aromatic heterocycles. The lowest BCUT2D eigenvalue weighted by atomic mass is 10.3. The molecule has 2 rings (SSSR count). The number of piperazine rings is 1. The van der Waals surface area contributed by atoms with E-state index in [1.807, 2.05) is 0 Å². The number of nitrogens with one attached hydrogen (secondary N) is 1. The third kappa shape index (κ3) is 6.71. The molecule has 0 radical (unpaired) electrons. The molecule has 0 saturated carbocycles. The summed E-state index contributed by atoms with van der Waals surface area (Å²) in [5.74, 6) is 1.02. The smallest absolute Gasteiger partial charge is 0.211 e. The van der Waals surface area contributed by atoms with Crippen molar-refractivity contribution in [2.45, 2.75) is 19.8 Å². The first kappa shape index (κ1) is 20.9. The number of likely N-dealkylation sites (tertiary alicyclic amines) is 1. The topological polar surface area (TPSA) is 68.2 Å². The highest BCUT2D eigenvalue weighted by Crippen LogP contribution is 2.08. The lowest BCUT2D eigenvalue weighted by Gasteiger charge is -2.32. The summed E-state index contributed by atoms with van der Waals surface area (Å²) in [6, 6.07) is 0. The summed E-state index contributed by atoms with van der Waals surface area (Å²) in [4.78, 5) is 9.33. The van der Waals surface area contributed by atoms with E-state index in [2.05, 4.69) is 22.0 Å². The lowest BCUT2D eigenvalue weighted by molar-refractivity contribution is 0.193. The van der Waals surface area contributed by atoms with Crippen LogP contribution in [0.3, 0.4) is 0 Å². The number of rotatable bonds is 5. The molecule has 23 heavy (non-hydrogen) atoms. The molecule has 0 aliphatic carbocycles. The Morgan fingerprint density at radius 1 is 1.09 bits per heavy atom. The highest BCUT2D eigenvalue weighted by atomic mass is 127. The molecule has 9 heteroatoms. The van der Waals surface area contributed by atoms with E-state index in [-0.39, 0.29) is 24.0 Å². The molecule has 0 aromatic carbocycles. The highest BCUT2D eigenvalue weighted by molar-refractivity contribution is 14.0. The Bertz CT molecular complexity index is 472. The van der Waals surface area contributed by atoms with E-state index >= 15 is 0 Å². The van der Waals surface area contributed by atoms with Gasteiger partial charge in [0.25, 0.3) is 0 Å². The predicted molar refractivity (Wildman–Crippen MR) is 105 cm³/mol. The molecule has 0 unspecified atom stereocenters. The molecule has 136 valence electrons. The molecule has 0 bridgehead atoms. The van der Waals surface area contributed by atoms with Gasteiger partial charge in [0.15, 0.2) is 5.96 Å². The van der Waals surface area contributed by atoms with Gasteiger partial charge in [0, 0.05) is 52.4 Å². The molecule has 2 fully saturated rings. The van der Waals surface area contributed by atoms with E-state index in [0.717, 1.165) is 51.8 Å². The monoisotopic (exact) mass is 459 g/mol. The molecule has 2 saturated heterocycles. The first-order valence-corrected chi connectivity index (χ1v) is 10.1. The SMILES string of the molecule is CCNC(=NCCN1CCN(S(C)(=O)=O)CC1)N1CCCC1.I. The maximum Gasteiger partial charge on any atom is 0.211 e. The van der Waals surface area contributed by atoms with Gasteiger partial charge in [0.1, 0.15) is 0 Å². The van der Waals surface area contributed by atoms with E-state index in [1.54, 1.807) is 4.31 Å². The molecular formula is C14H30IN5O2S. The number of sulfonamides is 1. The van der Waals surface area contributed by atoms with Gasteiger partial charge < -0.3 is 10.2 Å². The first-order valence-electron chi connectivity index (χ1n) is 8.21. The Balaban J connectivity index is 0.00000264. The van der Waals surface area contributed by atoms with Crippen LogP contribution in [-0.2, 0) is 10.0 Å². The second-order valence-corrected chi connectivity index (χ2v) is 7.92. The van der Waals surface area contributed by atoms with Gasteiger partial charge in [-0.1, -0.05) is 0 Å². The number of guanidine groups is 1. The number of aliphatic imine (C=N–C) groups is 1. The zero-order valence-corrected chi connectivity index (χ0v) is 17.3. The summed E-state index contributed by atoms with van der Waals surface area (Å²) in [5, 5.41) is 3.36. The number of nitrogens with zero attached hydrogens (tertiary/aromatic N) is 4. The standard InChI is InChI=1S/C14H29N5O2S.HI/c1-3-15-14(18-7-4-5-8-18)16-6-9-17-10-12-19(13-11-17)22(2,20)21;/h3-13H2,1-2H3,(H,15,16);1H. The van der Waals surface area contributed by atoms with Crippen molar-refractivity contribution in [2.75, 3.05) is 65.2 Å². The molecule has 1 N–H and O–H groups in total. The van der Waals surface area contributed by atoms with Gasteiger partial charge in [-0.3, -0.25) is 9.89 Å². The van der Waals surface area contributed by atoms with E-state index in [0.29, 0.717) is 13.1 Å². The third-order valence-corrected chi connectivity index (χ3v) is 5.52. The van der Waals surface area contributed by atoms with E-state index in [1.165, 1.54) is 19.1 Å². The number of hydrogen-bond acceptors (Lipinski definition) is 4. The van der Waals surface area contributed by atoms with Crippen LogP contribution >= 0.6 is 24.0 Å². The van der Waals surface area contributed by atoms with Crippen LogP contribution in [0.25, 0.3) is 0 Å². The fraction of sp³-hybridized carbons (Fsp3) is 0.929. The first-order chi connectivity index (χ1) is 10.5. The lowest BCUT2D eigenvalue weighted by Crippen LogP contribution is -2.49. The van der Waals surface area contributed by atoms with Crippen molar-refractivity contribution < 1.29 is 8.42 Å². The summed E-state index contributed by atoms with van der Waals surface area (Å²) in [5.41, 5.74) is 0. The molecule has 0 amide bonds. The zero-order valence-electron chi connectivity index (χ0n) is 14.2. The fourth-order valence-electron chi connectivity index (χ4n) is 2.94. The van der Waals surface area contributed by atoms with Crippen molar-refractivity contribution in [3.8, 4) is 0 Å². The largest absolute Gasteiger partial charge is 0.357 e. The molecule has 2 aliphatic rings. The van der Waals surface area contributed by atoms with Crippen LogP contribution in [-0.4, -0.2) is 93.6 Å². The van der Waals surface area contributed by atoms with Gasteiger partial charge in [-0.05, 0) is 19.8 Å². The summed E-state index contributed by atoms with van der Waals surface area (Å²) in [6.07, 6.45) is 3.78.